The molecule has 1 N–H and O–H groups in total. The van der Waals surface area contributed by atoms with Gasteiger partial charge >= 0.3 is 0 Å². The first-order chi connectivity index (χ1) is 18.8. The molecule has 38 heavy (non-hydrogen) atoms. The van der Waals surface area contributed by atoms with Crippen molar-refractivity contribution in [2.75, 3.05) is 19.6 Å². The quantitative estimate of drug-likeness (QED) is 0.234. The van der Waals surface area contributed by atoms with Crippen LogP contribution in [-0.4, -0.2) is 25.8 Å². The SMILES string of the molecule is CCCC[NH+](CCCC)CCCC.c1ccc([B-](c2ccccc2)(c2ccccc2)c2ccccc2)cc1. The molecule has 0 aliphatic rings. The Kier molecular flexibility index (Phi) is 12.9. The van der Waals surface area contributed by atoms with Gasteiger partial charge in [-0.25, -0.2) is 0 Å². The van der Waals surface area contributed by atoms with Gasteiger partial charge in [0.1, 0.15) is 6.15 Å². The Morgan fingerprint density at radius 3 is 0.842 bits per heavy atom. The summed E-state index contributed by atoms with van der Waals surface area (Å²) in [4.78, 5) is 1.84. The van der Waals surface area contributed by atoms with Gasteiger partial charge in [-0.2, -0.15) is 21.9 Å². The van der Waals surface area contributed by atoms with Crippen LogP contribution in [0.1, 0.15) is 59.3 Å². The molecule has 2 heteroatoms. The van der Waals surface area contributed by atoms with Gasteiger partial charge in [-0.3, -0.25) is 0 Å². The number of unbranched alkanes of at least 4 members (excludes halogenated alkanes) is 3. The molecule has 1 nitrogen and oxygen atoms in total. The van der Waals surface area contributed by atoms with E-state index in [9.17, 15) is 0 Å². The molecule has 200 valence electrons. The molecule has 0 fully saturated rings. The van der Waals surface area contributed by atoms with Crippen LogP contribution in [0.2, 0.25) is 0 Å². The maximum Gasteiger partial charge on any atom is 0.108 e. The normalized spacial score (nSPS) is 11.2. The first-order valence-electron chi connectivity index (χ1n) is 15.0. The molecule has 0 aliphatic carbocycles. The maximum atomic E-state index is 2.29. The lowest BCUT2D eigenvalue weighted by molar-refractivity contribution is -0.900. The van der Waals surface area contributed by atoms with Crippen molar-refractivity contribution < 1.29 is 4.90 Å². The molecule has 0 amide bonds. The molecule has 0 bridgehead atoms. The Balaban J connectivity index is 0.000000263. The van der Waals surface area contributed by atoms with Crippen LogP contribution in [0.25, 0.3) is 0 Å². The molecule has 0 saturated heterocycles. The number of rotatable bonds is 13. The maximum absolute atomic E-state index is 2.29. The fourth-order valence-corrected chi connectivity index (χ4v) is 5.78. The van der Waals surface area contributed by atoms with Crippen molar-refractivity contribution in [3.05, 3.63) is 121 Å². The predicted molar refractivity (Wildman–Crippen MR) is 170 cm³/mol. The summed E-state index contributed by atoms with van der Waals surface area (Å²) < 4.78 is 0. The van der Waals surface area contributed by atoms with E-state index in [4.69, 9.17) is 0 Å². The van der Waals surface area contributed by atoms with E-state index in [1.807, 2.05) is 4.90 Å². The topological polar surface area (TPSA) is 4.44 Å². The van der Waals surface area contributed by atoms with E-state index in [0.29, 0.717) is 0 Å². The molecular weight excluding hydrogens is 457 g/mol. The van der Waals surface area contributed by atoms with E-state index < -0.39 is 6.15 Å². The Bertz CT molecular complexity index is 931. The van der Waals surface area contributed by atoms with Crippen LogP contribution in [0.4, 0.5) is 0 Å². The monoisotopic (exact) mass is 505 g/mol. The smallest absolute Gasteiger partial charge is 0.108 e. The molecular formula is C36H48BN. The first kappa shape index (κ1) is 29.5. The second kappa shape index (κ2) is 16.7. The lowest BCUT2D eigenvalue weighted by Gasteiger charge is -2.44. The highest BCUT2D eigenvalue weighted by molar-refractivity contribution is 7.19. The Morgan fingerprint density at radius 2 is 0.632 bits per heavy atom. The molecule has 0 aromatic heterocycles. The zero-order valence-corrected chi connectivity index (χ0v) is 24.0. The van der Waals surface area contributed by atoms with Gasteiger partial charge in [0.05, 0.1) is 19.6 Å². The van der Waals surface area contributed by atoms with Gasteiger partial charge < -0.3 is 4.90 Å². The third-order valence-electron chi connectivity index (χ3n) is 7.85. The van der Waals surface area contributed by atoms with Gasteiger partial charge in [0, 0.05) is 0 Å². The zero-order chi connectivity index (χ0) is 26.9. The summed E-state index contributed by atoms with van der Waals surface area (Å²) in [6.07, 6.45) is 7.05. The number of benzene rings is 4. The third-order valence-corrected chi connectivity index (χ3v) is 7.85. The van der Waals surface area contributed by atoms with Gasteiger partial charge in [-0.05, 0) is 19.3 Å². The molecule has 0 unspecified atom stereocenters. The fourth-order valence-electron chi connectivity index (χ4n) is 5.78. The first-order valence-corrected chi connectivity index (χ1v) is 15.0. The van der Waals surface area contributed by atoms with Gasteiger partial charge in [0.2, 0.25) is 0 Å². The molecule has 0 radical (unpaired) electrons. The van der Waals surface area contributed by atoms with Crippen LogP contribution < -0.4 is 26.8 Å². The molecule has 0 saturated carbocycles. The summed E-state index contributed by atoms with van der Waals surface area (Å²) in [5, 5.41) is 0. The number of hydrogen-bond acceptors (Lipinski definition) is 0. The third kappa shape index (κ3) is 7.95. The number of quaternary nitrogens is 1. The Labute approximate surface area is 232 Å². The van der Waals surface area contributed by atoms with Crippen LogP contribution in [0.15, 0.2) is 121 Å². The fraction of sp³-hybridized carbons (Fsp3) is 0.333. The summed E-state index contributed by atoms with van der Waals surface area (Å²) >= 11 is 0. The molecule has 4 rings (SSSR count). The second-order valence-electron chi connectivity index (χ2n) is 10.6. The van der Waals surface area contributed by atoms with Gasteiger partial charge in [0.15, 0.2) is 0 Å². The van der Waals surface area contributed by atoms with Crippen molar-refractivity contribution in [1.29, 1.82) is 0 Å². The van der Waals surface area contributed by atoms with E-state index in [0.717, 1.165) is 0 Å². The van der Waals surface area contributed by atoms with Crippen molar-refractivity contribution in [3.8, 4) is 0 Å². The highest BCUT2D eigenvalue weighted by atomic mass is 15.1. The number of nitrogens with one attached hydrogen (secondary N) is 1. The molecule has 4 aromatic rings. The van der Waals surface area contributed by atoms with Crippen molar-refractivity contribution in [1.82, 2.24) is 0 Å². The molecule has 4 aromatic carbocycles. The van der Waals surface area contributed by atoms with Crippen LogP contribution in [0.5, 0.6) is 0 Å². The van der Waals surface area contributed by atoms with E-state index in [1.165, 1.54) is 80.0 Å². The van der Waals surface area contributed by atoms with E-state index in [1.54, 1.807) is 0 Å². The van der Waals surface area contributed by atoms with Crippen LogP contribution >= 0.6 is 0 Å². The van der Waals surface area contributed by atoms with Gasteiger partial charge in [0.25, 0.3) is 0 Å². The van der Waals surface area contributed by atoms with Gasteiger partial charge in [-0.15, -0.1) is 0 Å². The van der Waals surface area contributed by atoms with Crippen molar-refractivity contribution >= 4 is 28.0 Å². The molecule has 0 heterocycles. The zero-order valence-electron chi connectivity index (χ0n) is 24.0. The van der Waals surface area contributed by atoms with E-state index in [2.05, 4.69) is 142 Å². The predicted octanol–water partition coefficient (Wildman–Crippen LogP) is 5.34. The Hall–Kier alpha value is -3.10. The van der Waals surface area contributed by atoms with E-state index >= 15 is 0 Å². The molecule has 0 atom stereocenters. The lowest BCUT2D eigenvalue weighted by Crippen LogP contribution is -3.12. The lowest BCUT2D eigenvalue weighted by atomic mass is 9.13. The van der Waals surface area contributed by atoms with Crippen LogP contribution in [-0.2, 0) is 0 Å². The number of hydrogen-bond donors (Lipinski definition) is 1. The molecule has 0 spiro atoms. The summed E-state index contributed by atoms with van der Waals surface area (Å²) in [5.74, 6) is 0. The summed E-state index contributed by atoms with van der Waals surface area (Å²) in [5.41, 5.74) is 5.36. The average Bonchev–Trinajstić information content (AvgIpc) is 3.00. The Morgan fingerprint density at radius 1 is 0.395 bits per heavy atom. The average molecular weight is 506 g/mol. The van der Waals surface area contributed by atoms with Crippen LogP contribution in [0.3, 0.4) is 0 Å². The minimum absolute atomic E-state index is 1.22. The van der Waals surface area contributed by atoms with Crippen molar-refractivity contribution in [2.24, 2.45) is 0 Å². The summed E-state index contributed by atoms with van der Waals surface area (Å²) in [7, 11) is 0. The standard InChI is InChI=1S/C24H20B.C12H27N/c1-5-13-21(14-6-1)25(22-15-7-2-8-16-22,23-17-9-3-10-18-23)24-19-11-4-12-20-24;1-4-7-10-13(11-8-5-2)12-9-6-3/h1-20H;4-12H2,1-3H3/q-1;/p+1. The largest absolute Gasteiger partial charge is 0.335 e. The van der Waals surface area contributed by atoms with Gasteiger partial charge in [-0.1, -0.05) is 161 Å². The minimum atomic E-state index is -1.22. The summed E-state index contributed by atoms with van der Waals surface area (Å²) in [6, 6.07) is 43.5. The van der Waals surface area contributed by atoms with E-state index in [-0.39, 0.29) is 0 Å². The minimum Gasteiger partial charge on any atom is -0.335 e. The van der Waals surface area contributed by atoms with Crippen LogP contribution in [0, 0.1) is 0 Å². The van der Waals surface area contributed by atoms with Crippen molar-refractivity contribution in [2.45, 2.75) is 59.3 Å². The molecule has 0 aliphatic heterocycles. The highest BCUT2D eigenvalue weighted by Gasteiger charge is 2.31. The highest BCUT2D eigenvalue weighted by Crippen LogP contribution is 2.09. The second-order valence-corrected chi connectivity index (χ2v) is 10.6. The van der Waals surface area contributed by atoms with Crippen molar-refractivity contribution in [3.63, 3.8) is 0 Å². The summed E-state index contributed by atoms with van der Waals surface area (Å²) in [6.45, 7) is 11.1.